The van der Waals surface area contributed by atoms with Crippen molar-refractivity contribution < 1.29 is 19.5 Å². The van der Waals surface area contributed by atoms with Crippen molar-refractivity contribution in [2.75, 3.05) is 10.7 Å². The molecule has 0 saturated heterocycles. The van der Waals surface area contributed by atoms with Crippen molar-refractivity contribution in [2.45, 2.75) is 37.0 Å². The van der Waals surface area contributed by atoms with E-state index < -0.39 is 5.97 Å². The van der Waals surface area contributed by atoms with E-state index in [1.165, 1.54) is 11.1 Å². The normalized spacial score (nSPS) is 23.7. The third-order valence-electron chi connectivity index (χ3n) is 7.03. The predicted octanol–water partition coefficient (Wildman–Crippen LogP) is 8.55. The van der Waals surface area contributed by atoms with Crippen LogP contribution in [0.1, 0.15) is 53.7 Å². The van der Waals surface area contributed by atoms with Crippen LogP contribution >= 0.6 is 58.0 Å². The number of halogens is 5. The first-order chi connectivity index (χ1) is 20.2. The largest absolute Gasteiger partial charge is 0.481 e. The van der Waals surface area contributed by atoms with Gasteiger partial charge in [-0.3, -0.25) is 14.4 Å². The van der Waals surface area contributed by atoms with Gasteiger partial charge in [0.25, 0.3) is 0 Å². The molecule has 42 heavy (non-hydrogen) atoms. The molecule has 3 aromatic rings. The Kier molecular flexibility index (Phi) is 16.3. The summed E-state index contributed by atoms with van der Waals surface area (Å²) in [6.45, 7) is 0. The zero-order chi connectivity index (χ0) is 31.1. The van der Waals surface area contributed by atoms with Crippen LogP contribution in [0.3, 0.4) is 0 Å². The number of benzene rings is 3. The Labute approximate surface area is 272 Å². The van der Waals surface area contributed by atoms with Crippen LogP contribution in [0, 0.1) is 17.8 Å². The Balaban J connectivity index is 0.000000201. The van der Waals surface area contributed by atoms with Gasteiger partial charge in [-0.05, 0) is 65.3 Å². The van der Waals surface area contributed by atoms with Crippen LogP contribution < -0.4 is 5.73 Å². The van der Waals surface area contributed by atoms with E-state index in [9.17, 15) is 14.4 Å². The Morgan fingerprint density at radius 2 is 0.881 bits per heavy atom. The van der Waals surface area contributed by atoms with Gasteiger partial charge in [0, 0.05) is 11.8 Å². The van der Waals surface area contributed by atoms with Crippen molar-refractivity contribution in [1.29, 1.82) is 0 Å². The summed E-state index contributed by atoms with van der Waals surface area (Å²) in [5.41, 5.74) is 8.81. The van der Waals surface area contributed by atoms with Gasteiger partial charge in [0.1, 0.15) is 0 Å². The third-order valence-corrected chi connectivity index (χ3v) is 7.31. The van der Waals surface area contributed by atoms with Crippen molar-refractivity contribution in [3.63, 3.8) is 0 Å². The van der Waals surface area contributed by atoms with E-state index in [-0.39, 0.29) is 45.5 Å². The van der Waals surface area contributed by atoms with Crippen molar-refractivity contribution in [2.24, 2.45) is 23.5 Å². The third kappa shape index (κ3) is 12.5. The molecule has 5 nitrogen and oxygen atoms in total. The van der Waals surface area contributed by atoms with E-state index >= 15 is 0 Å². The molecule has 0 radical (unpaired) electrons. The molecule has 0 aromatic heterocycles. The average Bonchev–Trinajstić information content (AvgIpc) is 3.86. The second-order valence-corrected chi connectivity index (χ2v) is 11.8. The van der Waals surface area contributed by atoms with Gasteiger partial charge in [-0.1, -0.05) is 91.0 Å². The summed E-state index contributed by atoms with van der Waals surface area (Å²) in [6, 6.07) is 29.9. The number of primary amides is 1. The molecule has 3 N–H and O–H groups in total. The van der Waals surface area contributed by atoms with Gasteiger partial charge in [-0.15, -0.1) is 46.4 Å². The van der Waals surface area contributed by atoms with Crippen molar-refractivity contribution in [3.05, 3.63) is 108 Å². The zero-order valence-electron chi connectivity index (χ0n) is 22.8. The highest BCUT2D eigenvalue weighted by Gasteiger charge is 2.44. The summed E-state index contributed by atoms with van der Waals surface area (Å²) >= 11 is 24.4. The van der Waals surface area contributed by atoms with Crippen molar-refractivity contribution in [3.8, 4) is 0 Å². The first-order valence-electron chi connectivity index (χ1n) is 13.3. The molecule has 10 heteroatoms. The minimum Gasteiger partial charge on any atom is -0.481 e. The van der Waals surface area contributed by atoms with Gasteiger partial charge < -0.3 is 10.8 Å². The van der Waals surface area contributed by atoms with E-state index in [1.54, 1.807) is 0 Å². The summed E-state index contributed by atoms with van der Waals surface area (Å²) in [5, 5.41) is 8.88. The minimum absolute atomic E-state index is 0.0778. The molecule has 6 atom stereocenters. The minimum atomic E-state index is -0.663. The van der Waals surface area contributed by atoms with Gasteiger partial charge in [-0.25, -0.2) is 0 Å². The highest BCUT2D eigenvalue weighted by molar-refractivity contribution is 6.64. The molecule has 226 valence electrons. The number of aliphatic carboxylic acids is 1. The van der Waals surface area contributed by atoms with Gasteiger partial charge in [0.2, 0.25) is 11.1 Å². The Morgan fingerprint density at radius 3 is 1.12 bits per heavy atom. The van der Waals surface area contributed by atoms with Gasteiger partial charge in [0.05, 0.1) is 16.6 Å². The molecule has 3 unspecified atom stereocenters. The fourth-order valence-electron chi connectivity index (χ4n) is 4.63. The number of hydrogen-bond donors (Lipinski definition) is 2. The number of carbonyl (C=O) groups excluding carboxylic acids is 2. The van der Waals surface area contributed by atoms with E-state index in [0.29, 0.717) is 11.8 Å². The maximum Gasteiger partial charge on any atom is 0.307 e. The van der Waals surface area contributed by atoms with Gasteiger partial charge in [-0.2, -0.15) is 0 Å². The summed E-state index contributed by atoms with van der Waals surface area (Å²) < 4.78 is 0. The van der Waals surface area contributed by atoms with E-state index in [4.69, 9.17) is 68.8 Å². The molecule has 3 aliphatic rings. The standard InChI is InChI=1S/C10H9ClO.C10H11NO.C10H10O2.2CH2Cl2/c3*11-10(12)9-6-8(9)7-4-2-1-3-5-7;2*2-1-3/h1-5,8-9H,6H2;1-5,8-9H,6H2,(H2,11,12);1-5,8-9H,6H2,(H,11,12);2*1H2/t3*8?,9-;;/m111../s1. The Morgan fingerprint density at radius 1 is 0.595 bits per heavy atom. The SMILES string of the molecule is ClCCl.ClCCl.NC(=O)[C@@H]1CC1c1ccccc1.O=C(Cl)[C@@H]1CC1c1ccccc1.O=C(O)[C@@H]1CC1c1ccccc1. The molecule has 3 aliphatic carbocycles. The van der Waals surface area contributed by atoms with Crippen LogP contribution in [0.25, 0.3) is 0 Å². The second-order valence-electron chi connectivity index (χ2n) is 9.82. The maximum atomic E-state index is 10.8. The molecule has 0 aliphatic heterocycles. The van der Waals surface area contributed by atoms with Crippen LogP contribution in [0.4, 0.5) is 0 Å². The number of alkyl halides is 4. The molecule has 0 bridgehead atoms. The molecule has 0 spiro atoms. The number of rotatable bonds is 6. The van der Waals surface area contributed by atoms with Crippen molar-refractivity contribution in [1.82, 2.24) is 0 Å². The molecule has 6 rings (SSSR count). The number of carboxylic acid groups (broad SMARTS) is 1. The zero-order valence-corrected chi connectivity index (χ0v) is 26.6. The predicted molar refractivity (Wildman–Crippen MR) is 173 cm³/mol. The van der Waals surface area contributed by atoms with E-state index in [1.807, 2.05) is 91.0 Å². The average molecular weight is 674 g/mol. The number of amides is 1. The summed E-state index contributed by atoms with van der Waals surface area (Å²) in [6.07, 6.45) is 2.66. The fourth-order valence-corrected chi connectivity index (χ4v) is 4.87. The Bertz CT molecular complexity index is 1080. The first-order valence-corrected chi connectivity index (χ1v) is 15.8. The summed E-state index contributed by atoms with van der Waals surface area (Å²) in [4.78, 5) is 32.1. The lowest BCUT2D eigenvalue weighted by Crippen LogP contribution is -2.13. The number of carboxylic acids is 1. The highest BCUT2D eigenvalue weighted by atomic mass is 35.5. The summed E-state index contributed by atoms with van der Waals surface area (Å²) in [7, 11) is 0. The van der Waals surface area contributed by atoms with Crippen molar-refractivity contribution >= 4 is 75.1 Å². The molecule has 3 saturated carbocycles. The van der Waals surface area contributed by atoms with E-state index in [2.05, 4.69) is 0 Å². The highest BCUT2D eigenvalue weighted by Crippen LogP contribution is 2.49. The topological polar surface area (TPSA) is 97.5 Å². The number of hydrogen-bond acceptors (Lipinski definition) is 3. The molecular weight excluding hydrogens is 640 g/mol. The molecule has 1 amide bonds. The number of nitrogens with two attached hydrogens (primary N) is 1. The van der Waals surface area contributed by atoms with Gasteiger partial charge >= 0.3 is 5.97 Å². The van der Waals surface area contributed by atoms with E-state index in [0.717, 1.165) is 24.8 Å². The number of carbonyl (C=O) groups is 3. The Hall–Kier alpha value is -2.28. The maximum absolute atomic E-state index is 10.8. The van der Waals surface area contributed by atoms with Crippen LogP contribution in [0.15, 0.2) is 91.0 Å². The second kappa shape index (κ2) is 19.1. The lowest BCUT2D eigenvalue weighted by Gasteiger charge is -1.95. The summed E-state index contributed by atoms with van der Waals surface area (Å²) in [5.74, 6) is 0.255. The molecule has 3 aromatic carbocycles. The molecular formula is C32H34Cl5NO4. The van der Waals surface area contributed by atoms with Crippen LogP contribution in [0.2, 0.25) is 0 Å². The quantitative estimate of drug-likeness (QED) is 0.202. The fraction of sp³-hybridized carbons (Fsp3) is 0.344. The smallest absolute Gasteiger partial charge is 0.307 e. The lowest BCUT2D eigenvalue weighted by atomic mass is 10.1. The monoisotopic (exact) mass is 671 g/mol. The van der Waals surface area contributed by atoms with Crippen LogP contribution in [-0.2, 0) is 14.4 Å². The molecule has 0 heterocycles. The van der Waals surface area contributed by atoms with Crippen LogP contribution in [-0.4, -0.2) is 32.9 Å². The molecule has 3 fully saturated rings. The van der Waals surface area contributed by atoms with Crippen LogP contribution in [0.5, 0.6) is 0 Å². The lowest BCUT2D eigenvalue weighted by molar-refractivity contribution is -0.138. The first kappa shape index (κ1) is 35.9. The van der Waals surface area contributed by atoms with Gasteiger partial charge in [0.15, 0.2) is 0 Å².